The number of carbonyl (C=O) groups is 1. The molecule has 2 aromatic carbocycles. The SMILES string of the molecule is CC(C)c1ccc(NC(=O)CSc2nnc(CCc3ccccc3)n2C)cc1. The lowest BCUT2D eigenvalue weighted by atomic mass is 10.0. The van der Waals surface area contributed by atoms with E-state index < -0.39 is 0 Å². The Morgan fingerprint density at radius 3 is 2.43 bits per heavy atom. The van der Waals surface area contributed by atoms with Gasteiger partial charge in [-0.2, -0.15) is 0 Å². The van der Waals surface area contributed by atoms with Crippen molar-refractivity contribution in [3.63, 3.8) is 0 Å². The predicted octanol–water partition coefficient (Wildman–Crippen LogP) is 4.45. The zero-order chi connectivity index (χ0) is 19.9. The van der Waals surface area contributed by atoms with E-state index in [1.54, 1.807) is 0 Å². The zero-order valence-corrected chi connectivity index (χ0v) is 17.4. The number of carbonyl (C=O) groups excluding carboxylic acids is 1. The summed E-state index contributed by atoms with van der Waals surface area (Å²) in [6.07, 6.45) is 1.74. The number of nitrogens with zero attached hydrogens (tertiary/aromatic N) is 3. The fourth-order valence-corrected chi connectivity index (χ4v) is 3.60. The molecule has 0 aliphatic rings. The Hall–Kier alpha value is -2.60. The van der Waals surface area contributed by atoms with Crippen molar-refractivity contribution in [2.24, 2.45) is 7.05 Å². The first-order valence-electron chi connectivity index (χ1n) is 9.47. The van der Waals surface area contributed by atoms with Crippen LogP contribution in [0.2, 0.25) is 0 Å². The summed E-state index contributed by atoms with van der Waals surface area (Å²) in [5.41, 5.74) is 3.36. The molecule has 0 atom stereocenters. The van der Waals surface area contributed by atoms with Gasteiger partial charge < -0.3 is 9.88 Å². The number of hydrogen-bond donors (Lipinski definition) is 1. The molecule has 3 aromatic rings. The Morgan fingerprint density at radius 1 is 1.04 bits per heavy atom. The van der Waals surface area contributed by atoms with E-state index in [1.807, 2.05) is 41.9 Å². The minimum atomic E-state index is -0.0452. The van der Waals surface area contributed by atoms with Crippen LogP contribution in [0.25, 0.3) is 0 Å². The van der Waals surface area contributed by atoms with Gasteiger partial charge >= 0.3 is 0 Å². The van der Waals surface area contributed by atoms with Crippen molar-refractivity contribution in [2.75, 3.05) is 11.1 Å². The lowest BCUT2D eigenvalue weighted by Crippen LogP contribution is -2.14. The molecule has 1 N–H and O–H groups in total. The van der Waals surface area contributed by atoms with Crippen LogP contribution in [0.1, 0.15) is 36.7 Å². The molecule has 0 spiro atoms. The number of aryl methyl sites for hydroxylation is 2. The van der Waals surface area contributed by atoms with Gasteiger partial charge in [0.05, 0.1) is 5.75 Å². The molecule has 1 amide bonds. The molecule has 3 rings (SSSR count). The zero-order valence-electron chi connectivity index (χ0n) is 16.6. The van der Waals surface area contributed by atoms with Crippen molar-refractivity contribution in [3.05, 3.63) is 71.5 Å². The fraction of sp³-hybridized carbons (Fsp3) is 0.318. The maximum absolute atomic E-state index is 12.2. The Morgan fingerprint density at radius 2 is 1.75 bits per heavy atom. The topological polar surface area (TPSA) is 59.8 Å². The van der Waals surface area contributed by atoms with Gasteiger partial charge in [-0.1, -0.05) is 68.1 Å². The summed E-state index contributed by atoms with van der Waals surface area (Å²) in [6.45, 7) is 4.30. The number of aromatic nitrogens is 3. The molecule has 146 valence electrons. The van der Waals surface area contributed by atoms with Crippen molar-refractivity contribution >= 4 is 23.4 Å². The number of thioether (sulfide) groups is 1. The van der Waals surface area contributed by atoms with Crippen molar-refractivity contribution in [1.82, 2.24) is 14.8 Å². The Kier molecular flexibility index (Phi) is 6.87. The Bertz CT molecular complexity index is 904. The van der Waals surface area contributed by atoms with Crippen LogP contribution in [0, 0.1) is 0 Å². The van der Waals surface area contributed by atoms with Crippen LogP contribution in [0.5, 0.6) is 0 Å². The van der Waals surface area contributed by atoms with Gasteiger partial charge in [0.15, 0.2) is 5.16 Å². The van der Waals surface area contributed by atoms with E-state index in [1.165, 1.54) is 22.9 Å². The highest BCUT2D eigenvalue weighted by Gasteiger charge is 2.12. The van der Waals surface area contributed by atoms with Gasteiger partial charge in [0.1, 0.15) is 5.82 Å². The van der Waals surface area contributed by atoms with Crippen LogP contribution < -0.4 is 5.32 Å². The molecule has 6 heteroatoms. The van der Waals surface area contributed by atoms with E-state index in [2.05, 4.69) is 53.6 Å². The maximum atomic E-state index is 12.2. The third-order valence-electron chi connectivity index (χ3n) is 4.60. The van der Waals surface area contributed by atoms with Gasteiger partial charge in [0.2, 0.25) is 5.91 Å². The number of benzene rings is 2. The van der Waals surface area contributed by atoms with Crippen LogP contribution in [-0.2, 0) is 24.7 Å². The monoisotopic (exact) mass is 394 g/mol. The van der Waals surface area contributed by atoms with E-state index in [0.717, 1.165) is 29.5 Å². The first kappa shape index (κ1) is 20.1. The molecule has 28 heavy (non-hydrogen) atoms. The lowest BCUT2D eigenvalue weighted by molar-refractivity contribution is -0.113. The van der Waals surface area contributed by atoms with E-state index in [9.17, 15) is 4.79 Å². The second kappa shape index (κ2) is 9.55. The quantitative estimate of drug-likeness (QED) is 0.573. The molecule has 0 aliphatic carbocycles. The van der Waals surface area contributed by atoms with E-state index >= 15 is 0 Å². The molecule has 0 bridgehead atoms. The van der Waals surface area contributed by atoms with Gasteiger partial charge in [-0.25, -0.2) is 0 Å². The fourth-order valence-electron chi connectivity index (χ4n) is 2.87. The number of anilines is 1. The number of rotatable bonds is 8. The predicted molar refractivity (Wildman–Crippen MR) is 115 cm³/mol. The summed E-state index contributed by atoms with van der Waals surface area (Å²) >= 11 is 1.40. The van der Waals surface area contributed by atoms with Gasteiger partial charge in [-0.15, -0.1) is 10.2 Å². The molecule has 0 radical (unpaired) electrons. The van der Waals surface area contributed by atoms with Crippen LogP contribution in [0.3, 0.4) is 0 Å². The Labute approximate surface area is 170 Å². The summed E-state index contributed by atoms with van der Waals surface area (Å²) in [6, 6.07) is 18.3. The number of nitrogens with one attached hydrogen (secondary N) is 1. The molecular weight excluding hydrogens is 368 g/mol. The Balaban J connectivity index is 1.50. The largest absolute Gasteiger partial charge is 0.325 e. The molecule has 1 aromatic heterocycles. The summed E-state index contributed by atoms with van der Waals surface area (Å²) in [7, 11) is 1.95. The van der Waals surface area contributed by atoms with Crippen LogP contribution >= 0.6 is 11.8 Å². The third-order valence-corrected chi connectivity index (χ3v) is 5.62. The molecule has 0 saturated carbocycles. The second-order valence-electron chi connectivity index (χ2n) is 7.06. The number of amides is 1. The normalized spacial score (nSPS) is 11.0. The molecule has 5 nitrogen and oxygen atoms in total. The van der Waals surface area contributed by atoms with Crippen LogP contribution in [-0.4, -0.2) is 26.4 Å². The smallest absolute Gasteiger partial charge is 0.234 e. The number of hydrogen-bond acceptors (Lipinski definition) is 4. The molecule has 0 saturated heterocycles. The van der Waals surface area contributed by atoms with Gasteiger partial charge in [-0.05, 0) is 35.6 Å². The van der Waals surface area contributed by atoms with E-state index in [4.69, 9.17) is 0 Å². The summed E-state index contributed by atoms with van der Waals surface area (Å²) in [5.74, 6) is 1.66. The minimum absolute atomic E-state index is 0.0452. The molecular formula is C22H26N4OS. The summed E-state index contributed by atoms with van der Waals surface area (Å²) in [5, 5.41) is 12.2. The molecule has 0 aliphatic heterocycles. The van der Waals surface area contributed by atoms with Crippen molar-refractivity contribution < 1.29 is 4.79 Å². The van der Waals surface area contributed by atoms with Crippen molar-refractivity contribution in [1.29, 1.82) is 0 Å². The average Bonchev–Trinajstić information content (AvgIpc) is 3.05. The first-order valence-corrected chi connectivity index (χ1v) is 10.5. The van der Waals surface area contributed by atoms with Crippen LogP contribution in [0.4, 0.5) is 5.69 Å². The van der Waals surface area contributed by atoms with Gasteiger partial charge in [0.25, 0.3) is 0 Å². The highest BCUT2D eigenvalue weighted by Crippen LogP contribution is 2.19. The minimum Gasteiger partial charge on any atom is -0.325 e. The lowest BCUT2D eigenvalue weighted by Gasteiger charge is -2.08. The molecule has 1 heterocycles. The summed E-state index contributed by atoms with van der Waals surface area (Å²) < 4.78 is 1.97. The van der Waals surface area contributed by atoms with E-state index in [0.29, 0.717) is 11.7 Å². The molecule has 0 fully saturated rings. The highest BCUT2D eigenvalue weighted by atomic mass is 32.2. The highest BCUT2D eigenvalue weighted by molar-refractivity contribution is 7.99. The third kappa shape index (κ3) is 5.45. The summed E-state index contributed by atoms with van der Waals surface area (Å²) in [4.78, 5) is 12.2. The van der Waals surface area contributed by atoms with Crippen LogP contribution in [0.15, 0.2) is 59.8 Å². The standard InChI is InChI=1S/C22H26N4OS/c1-16(2)18-10-12-19(13-11-18)23-21(27)15-28-22-25-24-20(26(22)3)14-9-17-7-5-4-6-8-17/h4-8,10-13,16H,9,14-15H2,1-3H3,(H,23,27). The van der Waals surface area contributed by atoms with E-state index in [-0.39, 0.29) is 5.91 Å². The first-order chi connectivity index (χ1) is 13.5. The average molecular weight is 395 g/mol. The van der Waals surface area contributed by atoms with Gasteiger partial charge in [0, 0.05) is 19.2 Å². The van der Waals surface area contributed by atoms with Gasteiger partial charge in [-0.3, -0.25) is 4.79 Å². The van der Waals surface area contributed by atoms with Crippen molar-refractivity contribution in [3.8, 4) is 0 Å². The van der Waals surface area contributed by atoms with Crippen molar-refractivity contribution in [2.45, 2.75) is 37.8 Å². The molecule has 0 unspecified atom stereocenters. The second-order valence-corrected chi connectivity index (χ2v) is 8.00. The maximum Gasteiger partial charge on any atom is 0.234 e.